The molecule has 1 radical (unpaired) electrons. The molecule has 0 amide bonds. The first-order chi connectivity index (χ1) is 6.02. The maximum atomic E-state index is 11.4. The average Bonchev–Trinajstić information content (AvgIpc) is 2.04. The van der Waals surface area contributed by atoms with Crippen LogP contribution < -0.4 is 0 Å². The Balaban J connectivity index is 0.00000169. The number of hydrogen-bond donors (Lipinski definition) is 0. The normalized spacial score (nSPS) is 10.1. The molecule has 0 saturated carbocycles. The van der Waals surface area contributed by atoms with Crippen LogP contribution in [-0.2, 0) is 14.3 Å². The molecule has 0 spiro atoms. The van der Waals surface area contributed by atoms with Crippen molar-refractivity contribution in [2.45, 2.75) is 11.8 Å². The Morgan fingerprint density at radius 2 is 1.79 bits per heavy atom. The van der Waals surface area contributed by atoms with Gasteiger partial charge in [-0.2, -0.15) is 8.42 Å². The summed E-state index contributed by atoms with van der Waals surface area (Å²) >= 11 is 0. The second kappa shape index (κ2) is 6.04. The van der Waals surface area contributed by atoms with Crippen LogP contribution in [0.15, 0.2) is 47.6 Å². The Labute approximate surface area is 127 Å². The van der Waals surface area contributed by atoms with E-state index in [1.54, 1.807) is 18.2 Å². The summed E-state index contributed by atoms with van der Waals surface area (Å²) in [7, 11) is -3.66. The van der Waals surface area contributed by atoms with Gasteiger partial charge < -0.3 is 4.18 Å². The second-order valence-electron chi connectivity index (χ2n) is 2.55. The molecular formula is C9H10KO3S. The zero-order valence-electron chi connectivity index (χ0n) is 8.23. The van der Waals surface area contributed by atoms with E-state index in [0.717, 1.165) is 0 Å². The molecule has 1 rings (SSSR count). The third-order valence-electron chi connectivity index (χ3n) is 1.28. The molecule has 1 aromatic carbocycles. The zero-order valence-corrected chi connectivity index (χ0v) is 12.2. The van der Waals surface area contributed by atoms with Gasteiger partial charge in [-0.25, -0.2) is 0 Å². The molecule has 0 fully saturated rings. The van der Waals surface area contributed by atoms with Crippen molar-refractivity contribution >= 4 is 61.5 Å². The predicted octanol–water partition coefficient (Wildman–Crippen LogP) is 1.54. The molecule has 0 saturated heterocycles. The third-order valence-corrected chi connectivity index (χ3v) is 2.64. The number of allylic oxidation sites excluding steroid dienone is 1. The van der Waals surface area contributed by atoms with Gasteiger partial charge in [-0.05, 0) is 19.1 Å². The van der Waals surface area contributed by atoms with Gasteiger partial charge in [0.2, 0.25) is 0 Å². The Hall–Kier alpha value is 0.346. The van der Waals surface area contributed by atoms with Crippen LogP contribution in [0, 0.1) is 0 Å². The third kappa shape index (κ3) is 4.25. The molecule has 0 heterocycles. The van der Waals surface area contributed by atoms with Crippen molar-refractivity contribution in [2.24, 2.45) is 0 Å². The van der Waals surface area contributed by atoms with E-state index in [1.807, 2.05) is 0 Å². The topological polar surface area (TPSA) is 43.4 Å². The van der Waals surface area contributed by atoms with Crippen LogP contribution in [0.25, 0.3) is 0 Å². The Bertz CT molecular complexity index is 397. The van der Waals surface area contributed by atoms with Gasteiger partial charge in [0.15, 0.2) is 0 Å². The Morgan fingerprint density at radius 1 is 1.29 bits per heavy atom. The van der Waals surface area contributed by atoms with Crippen LogP contribution in [-0.4, -0.2) is 59.8 Å². The summed E-state index contributed by atoms with van der Waals surface area (Å²) < 4.78 is 27.3. The van der Waals surface area contributed by atoms with Gasteiger partial charge in [-0.15, -0.1) is 0 Å². The number of benzene rings is 1. The van der Waals surface area contributed by atoms with Gasteiger partial charge in [-0.3, -0.25) is 0 Å². The van der Waals surface area contributed by atoms with E-state index in [1.165, 1.54) is 19.1 Å². The molecular weight excluding hydrogens is 227 g/mol. The maximum absolute atomic E-state index is 11.4. The van der Waals surface area contributed by atoms with E-state index in [-0.39, 0.29) is 62.0 Å². The number of rotatable bonds is 3. The predicted molar refractivity (Wildman–Crippen MR) is 55.3 cm³/mol. The summed E-state index contributed by atoms with van der Waals surface area (Å²) in [5.74, 6) is 0.156. The van der Waals surface area contributed by atoms with E-state index in [2.05, 4.69) is 10.8 Å². The van der Waals surface area contributed by atoms with E-state index in [4.69, 9.17) is 0 Å². The Kier molecular flexibility index (Phi) is 6.19. The smallest absolute Gasteiger partial charge is 0.338 e. The van der Waals surface area contributed by atoms with Crippen molar-refractivity contribution < 1.29 is 12.6 Å². The average molecular weight is 237 g/mol. The monoisotopic (exact) mass is 237 g/mol. The summed E-state index contributed by atoms with van der Waals surface area (Å²) in [5.41, 5.74) is 0. The van der Waals surface area contributed by atoms with Crippen LogP contribution in [0.2, 0.25) is 0 Å². The van der Waals surface area contributed by atoms with Crippen LogP contribution in [0.3, 0.4) is 0 Å². The van der Waals surface area contributed by atoms with Crippen molar-refractivity contribution in [3.8, 4) is 0 Å². The molecule has 0 atom stereocenters. The van der Waals surface area contributed by atoms with Crippen molar-refractivity contribution in [2.75, 3.05) is 0 Å². The van der Waals surface area contributed by atoms with Crippen molar-refractivity contribution in [3.05, 3.63) is 42.7 Å². The Morgan fingerprint density at radius 3 is 2.21 bits per heavy atom. The summed E-state index contributed by atoms with van der Waals surface area (Å²) in [6.07, 6.45) is 0. The molecule has 0 N–H and O–H groups in total. The SMILES string of the molecule is C=C(C)OS(=O)(=O)c1ccccc1.[K]. The molecule has 1 aromatic rings. The molecule has 5 heteroatoms. The van der Waals surface area contributed by atoms with Crippen molar-refractivity contribution in [1.82, 2.24) is 0 Å². The van der Waals surface area contributed by atoms with Crippen molar-refractivity contribution in [3.63, 3.8) is 0 Å². The van der Waals surface area contributed by atoms with E-state index in [9.17, 15) is 8.42 Å². The van der Waals surface area contributed by atoms with E-state index < -0.39 is 10.1 Å². The molecule has 0 unspecified atom stereocenters. The van der Waals surface area contributed by atoms with Gasteiger partial charge in [0, 0.05) is 51.4 Å². The quantitative estimate of drug-likeness (QED) is 0.455. The molecule has 0 aliphatic carbocycles. The van der Waals surface area contributed by atoms with E-state index in [0.29, 0.717) is 0 Å². The maximum Gasteiger partial charge on any atom is 0.338 e. The van der Waals surface area contributed by atoms with Crippen LogP contribution in [0.1, 0.15) is 6.92 Å². The largest absolute Gasteiger partial charge is 0.384 e. The summed E-state index contributed by atoms with van der Waals surface area (Å²) in [5, 5.41) is 0. The summed E-state index contributed by atoms with van der Waals surface area (Å²) in [6.45, 7) is 4.85. The first-order valence-corrected chi connectivity index (χ1v) is 5.08. The van der Waals surface area contributed by atoms with Gasteiger partial charge in [0.1, 0.15) is 10.7 Å². The molecule has 3 nitrogen and oxygen atoms in total. The van der Waals surface area contributed by atoms with Crippen LogP contribution in [0.5, 0.6) is 0 Å². The number of hydrogen-bond acceptors (Lipinski definition) is 3. The molecule has 71 valence electrons. The standard InChI is InChI=1S/C9H10O3S.K/c1-8(2)12-13(10,11)9-6-4-3-5-7-9;/h3-7H,1H2,2H3;. The molecule has 0 aromatic heterocycles. The first-order valence-electron chi connectivity index (χ1n) is 3.67. The molecule has 14 heavy (non-hydrogen) atoms. The minimum Gasteiger partial charge on any atom is -0.384 e. The van der Waals surface area contributed by atoms with E-state index >= 15 is 0 Å². The molecule has 0 aliphatic heterocycles. The van der Waals surface area contributed by atoms with Crippen LogP contribution >= 0.6 is 0 Å². The molecule has 0 aliphatic rings. The summed E-state index contributed by atoms with van der Waals surface area (Å²) in [6, 6.07) is 7.94. The fourth-order valence-electron chi connectivity index (χ4n) is 0.823. The first kappa shape index (κ1) is 14.3. The fraction of sp³-hybridized carbons (Fsp3) is 0.111. The van der Waals surface area contributed by atoms with Crippen molar-refractivity contribution in [1.29, 1.82) is 0 Å². The second-order valence-corrected chi connectivity index (χ2v) is 4.10. The molecule has 0 bridgehead atoms. The van der Waals surface area contributed by atoms with Crippen LogP contribution in [0.4, 0.5) is 0 Å². The zero-order chi connectivity index (χ0) is 9.90. The van der Waals surface area contributed by atoms with Gasteiger partial charge in [0.25, 0.3) is 0 Å². The van der Waals surface area contributed by atoms with Gasteiger partial charge in [-0.1, -0.05) is 24.8 Å². The summed E-state index contributed by atoms with van der Waals surface area (Å²) in [4.78, 5) is 0.137. The minimum absolute atomic E-state index is 0. The van der Waals surface area contributed by atoms with Gasteiger partial charge >= 0.3 is 10.1 Å². The van der Waals surface area contributed by atoms with Gasteiger partial charge in [0.05, 0.1) is 0 Å². The minimum atomic E-state index is -3.66. The fourth-order valence-corrected chi connectivity index (χ4v) is 1.78.